The van der Waals surface area contributed by atoms with Crippen LogP contribution >= 0.6 is 0 Å². The van der Waals surface area contributed by atoms with Crippen molar-refractivity contribution in [1.29, 1.82) is 0 Å². The number of rotatable bonds is 6. The van der Waals surface area contributed by atoms with Gasteiger partial charge in [0, 0.05) is 12.1 Å². The Kier molecular flexibility index (Phi) is 7.20. The molecule has 1 heterocycles. The normalized spacial score (nSPS) is 17.5. The number of carbonyl (C=O) groups excluding carboxylic acids is 1. The van der Waals surface area contributed by atoms with E-state index in [9.17, 15) is 18.0 Å². The molecule has 7 heteroatoms. The largest absolute Gasteiger partial charge is 0.573 e. The van der Waals surface area contributed by atoms with Crippen molar-refractivity contribution >= 4 is 23.0 Å². The van der Waals surface area contributed by atoms with Crippen molar-refractivity contribution in [2.45, 2.75) is 58.4 Å². The van der Waals surface area contributed by atoms with Crippen molar-refractivity contribution in [2.75, 3.05) is 4.90 Å². The minimum atomic E-state index is -4.80. The van der Waals surface area contributed by atoms with E-state index in [-0.39, 0.29) is 18.1 Å². The van der Waals surface area contributed by atoms with Gasteiger partial charge in [-0.15, -0.1) is 13.2 Å². The second-order valence-electron chi connectivity index (χ2n) is 9.57. The molecule has 1 unspecified atom stereocenters. The Morgan fingerprint density at radius 3 is 2.03 bits per heavy atom. The Hall–Kier alpha value is -3.61. The Balaban J connectivity index is 1.73. The standard InChI is InChI=1S/C29H29F3N2O2/c1-18(2)20-8-12-23(13-9-20)33-26-17-27(22-6-5-7-25(16-22)36-29(30,31)32)34(28(26)35)24-14-10-21(11-15-24)19(3)4/h5-16,18-19,27H,17H2,1-4H3. The lowest BCUT2D eigenvalue weighted by atomic mass is 10.0. The first kappa shape index (κ1) is 25.5. The highest BCUT2D eigenvalue weighted by Crippen LogP contribution is 2.39. The van der Waals surface area contributed by atoms with Crippen molar-refractivity contribution in [1.82, 2.24) is 0 Å². The average Bonchev–Trinajstić information content (AvgIpc) is 3.14. The van der Waals surface area contributed by atoms with E-state index in [1.165, 1.54) is 23.8 Å². The smallest absolute Gasteiger partial charge is 0.406 e. The zero-order valence-electron chi connectivity index (χ0n) is 20.7. The van der Waals surface area contributed by atoms with Crippen LogP contribution in [0.5, 0.6) is 5.75 Å². The summed E-state index contributed by atoms with van der Waals surface area (Å²) in [5.41, 5.74) is 4.51. The number of aliphatic imine (C=N–C) groups is 1. The van der Waals surface area contributed by atoms with Crippen LogP contribution in [0.15, 0.2) is 77.8 Å². The molecular formula is C29H29F3N2O2. The number of nitrogens with zero attached hydrogens (tertiary/aromatic N) is 2. The number of amides is 1. The molecule has 0 aromatic heterocycles. The molecule has 0 bridgehead atoms. The summed E-state index contributed by atoms with van der Waals surface area (Å²) >= 11 is 0. The summed E-state index contributed by atoms with van der Waals surface area (Å²) < 4.78 is 42.6. The van der Waals surface area contributed by atoms with E-state index in [0.29, 0.717) is 34.5 Å². The fourth-order valence-electron chi connectivity index (χ4n) is 4.33. The lowest BCUT2D eigenvalue weighted by Crippen LogP contribution is -2.29. The first-order chi connectivity index (χ1) is 17.0. The summed E-state index contributed by atoms with van der Waals surface area (Å²) in [6, 6.07) is 20.7. The second kappa shape index (κ2) is 10.2. The van der Waals surface area contributed by atoms with Crippen molar-refractivity contribution in [3.8, 4) is 5.75 Å². The summed E-state index contributed by atoms with van der Waals surface area (Å²) in [6.45, 7) is 8.37. The topological polar surface area (TPSA) is 41.9 Å². The molecule has 0 radical (unpaired) electrons. The highest BCUT2D eigenvalue weighted by molar-refractivity contribution is 6.46. The molecule has 4 nitrogen and oxygen atoms in total. The summed E-state index contributed by atoms with van der Waals surface area (Å²) in [6.07, 6.45) is -4.54. The number of carbonyl (C=O) groups is 1. The number of halogens is 3. The van der Waals surface area contributed by atoms with E-state index in [2.05, 4.69) is 37.4 Å². The molecule has 1 saturated heterocycles. The van der Waals surface area contributed by atoms with E-state index in [0.717, 1.165) is 5.56 Å². The maximum atomic E-state index is 13.6. The molecule has 1 amide bonds. The van der Waals surface area contributed by atoms with E-state index in [1.807, 2.05) is 48.5 Å². The number of alkyl halides is 3. The summed E-state index contributed by atoms with van der Waals surface area (Å²) in [7, 11) is 0. The molecule has 1 aliphatic rings. The molecule has 3 aromatic carbocycles. The van der Waals surface area contributed by atoms with Crippen LogP contribution in [0.4, 0.5) is 24.5 Å². The van der Waals surface area contributed by atoms with Crippen molar-refractivity contribution < 1.29 is 22.7 Å². The van der Waals surface area contributed by atoms with Crippen LogP contribution < -0.4 is 9.64 Å². The lowest BCUT2D eigenvalue weighted by Gasteiger charge is -2.25. The quantitative estimate of drug-likeness (QED) is 0.348. The minimum absolute atomic E-state index is 0.256. The zero-order valence-corrected chi connectivity index (χ0v) is 20.7. The molecule has 36 heavy (non-hydrogen) atoms. The van der Waals surface area contributed by atoms with Gasteiger partial charge in [-0.25, -0.2) is 4.99 Å². The van der Waals surface area contributed by atoms with Crippen LogP contribution in [-0.4, -0.2) is 18.0 Å². The third-order valence-corrected chi connectivity index (χ3v) is 6.30. The second-order valence-corrected chi connectivity index (χ2v) is 9.57. The molecule has 0 aliphatic carbocycles. The van der Waals surface area contributed by atoms with Gasteiger partial charge in [0.1, 0.15) is 11.5 Å². The summed E-state index contributed by atoms with van der Waals surface area (Å²) in [5, 5.41) is 0. The predicted molar refractivity (Wildman–Crippen MR) is 136 cm³/mol. The Labute approximate surface area is 209 Å². The predicted octanol–water partition coefficient (Wildman–Crippen LogP) is 8.08. The van der Waals surface area contributed by atoms with Crippen molar-refractivity contribution in [3.63, 3.8) is 0 Å². The Morgan fingerprint density at radius 1 is 0.889 bits per heavy atom. The van der Waals surface area contributed by atoms with Gasteiger partial charge < -0.3 is 4.74 Å². The van der Waals surface area contributed by atoms with Crippen LogP contribution in [-0.2, 0) is 4.79 Å². The molecule has 1 atom stereocenters. The molecule has 3 aromatic rings. The SMILES string of the molecule is CC(C)c1ccc(N=C2CC(c3cccc(OC(F)(F)F)c3)N(c3ccc(C(C)C)cc3)C2=O)cc1. The van der Waals surface area contributed by atoms with E-state index < -0.39 is 12.4 Å². The molecule has 0 saturated carbocycles. The Morgan fingerprint density at radius 2 is 1.47 bits per heavy atom. The van der Waals surface area contributed by atoms with Gasteiger partial charge in [0.2, 0.25) is 0 Å². The van der Waals surface area contributed by atoms with Gasteiger partial charge in [-0.05, 0) is 64.9 Å². The maximum Gasteiger partial charge on any atom is 0.573 e. The molecule has 0 N–H and O–H groups in total. The van der Waals surface area contributed by atoms with E-state index in [4.69, 9.17) is 0 Å². The molecule has 188 valence electrons. The van der Waals surface area contributed by atoms with Crippen molar-refractivity contribution in [2.24, 2.45) is 4.99 Å². The van der Waals surface area contributed by atoms with Crippen LogP contribution in [0.3, 0.4) is 0 Å². The lowest BCUT2D eigenvalue weighted by molar-refractivity contribution is -0.274. The number of anilines is 1. The van der Waals surface area contributed by atoms with Crippen LogP contribution in [0.2, 0.25) is 0 Å². The molecule has 4 rings (SSSR count). The first-order valence-electron chi connectivity index (χ1n) is 12.0. The van der Waals surface area contributed by atoms with Gasteiger partial charge in [-0.3, -0.25) is 9.69 Å². The number of hydrogen-bond acceptors (Lipinski definition) is 3. The first-order valence-corrected chi connectivity index (χ1v) is 12.0. The average molecular weight is 495 g/mol. The Bertz CT molecular complexity index is 1250. The fraction of sp³-hybridized carbons (Fsp3) is 0.310. The zero-order chi connectivity index (χ0) is 26.0. The van der Waals surface area contributed by atoms with Gasteiger partial charge in [-0.2, -0.15) is 0 Å². The third kappa shape index (κ3) is 5.78. The minimum Gasteiger partial charge on any atom is -0.406 e. The molecular weight excluding hydrogens is 465 g/mol. The molecule has 1 aliphatic heterocycles. The van der Waals surface area contributed by atoms with Crippen molar-refractivity contribution in [3.05, 3.63) is 89.5 Å². The maximum absolute atomic E-state index is 13.6. The van der Waals surface area contributed by atoms with Crippen LogP contribution in [0.1, 0.15) is 68.7 Å². The number of hydrogen-bond donors (Lipinski definition) is 0. The van der Waals surface area contributed by atoms with Gasteiger partial charge in [0.15, 0.2) is 0 Å². The van der Waals surface area contributed by atoms with E-state index in [1.54, 1.807) is 11.0 Å². The molecule has 0 spiro atoms. The molecule has 1 fully saturated rings. The highest BCUT2D eigenvalue weighted by atomic mass is 19.4. The van der Waals surface area contributed by atoms with Gasteiger partial charge in [-0.1, -0.05) is 64.1 Å². The van der Waals surface area contributed by atoms with E-state index >= 15 is 0 Å². The van der Waals surface area contributed by atoms with Gasteiger partial charge >= 0.3 is 6.36 Å². The van der Waals surface area contributed by atoms with Gasteiger partial charge in [0.05, 0.1) is 11.7 Å². The third-order valence-electron chi connectivity index (χ3n) is 6.30. The van der Waals surface area contributed by atoms with Crippen LogP contribution in [0, 0.1) is 0 Å². The number of benzene rings is 3. The van der Waals surface area contributed by atoms with Crippen LogP contribution in [0.25, 0.3) is 0 Å². The summed E-state index contributed by atoms with van der Waals surface area (Å²) in [4.78, 5) is 19.8. The van der Waals surface area contributed by atoms with Gasteiger partial charge in [0.25, 0.3) is 5.91 Å². The summed E-state index contributed by atoms with van der Waals surface area (Å²) in [5.74, 6) is 0.107. The highest BCUT2D eigenvalue weighted by Gasteiger charge is 2.39. The number of ether oxygens (including phenoxy) is 1. The monoisotopic (exact) mass is 494 g/mol. The fourth-order valence-corrected chi connectivity index (χ4v) is 4.33.